The van der Waals surface area contributed by atoms with Crippen molar-refractivity contribution in [3.05, 3.63) is 23.8 Å². The number of carbonyl (C=O) groups is 1. The second-order valence-electron chi connectivity index (χ2n) is 5.63. The zero-order valence-electron chi connectivity index (χ0n) is 13.2. The minimum atomic E-state index is -0.112. The van der Waals surface area contributed by atoms with E-state index in [0.717, 1.165) is 37.8 Å². The van der Waals surface area contributed by atoms with E-state index >= 15 is 0 Å². The zero-order valence-corrected chi connectivity index (χ0v) is 13.2. The van der Waals surface area contributed by atoms with Gasteiger partial charge in [0.15, 0.2) is 11.5 Å². The van der Waals surface area contributed by atoms with Crippen LogP contribution in [0.5, 0.6) is 11.5 Å². The molecule has 3 N–H and O–H groups in total. The van der Waals surface area contributed by atoms with Crippen LogP contribution < -0.4 is 5.32 Å². The van der Waals surface area contributed by atoms with Gasteiger partial charge in [0.25, 0.3) is 0 Å². The molecule has 21 heavy (non-hydrogen) atoms. The molecule has 0 bridgehead atoms. The van der Waals surface area contributed by atoms with Gasteiger partial charge in [-0.2, -0.15) is 0 Å². The van der Waals surface area contributed by atoms with Gasteiger partial charge in [0.05, 0.1) is 0 Å². The summed E-state index contributed by atoms with van der Waals surface area (Å²) in [7, 11) is 0. The normalized spacial score (nSPS) is 13.7. The lowest BCUT2D eigenvalue weighted by Gasteiger charge is -2.20. The van der Waals surface area contributed by atoms with Gasteiger partial charge < -0.3 is 15.5 Å². The van der Waals surface area contributed by atoms with Crippen LogP contribution >= 0.6 is 0 Å². The quantitative estimate of drug-likeness (QED) is 0.507. The molecule has 0 saturated carbocycles. The highest BCUT2D eigenvalue weighted by Crippen LogP contribution is 2.33. The monoisotopic (exact) mass is 293 g/mol. The first-order valence-electron chi connectivity index (χ1n) is 7.79. The third-order valence-electron chi connectivity index (χ3n) is 3.88. The predicted octanol–water partition coefficient (Wildman–Crippen LogP) is 3.53. The molecule has 2 atom stereocenters. The van der Waals surface area contributed by atoms with Crippen LogP contribution in [0.15, 0.2) is 18.2 Å². The molecule has 0 aliphatic carbocycles. The first-order chi connectivity index (χ1) is 9.99. The van der Waals surface area contributed by atoms with Gasteiger partial charge in [-0.3, -0.25) is 4.79 Å². The van der Waals surface area contributed by atoms with E-state index in [4.69, 9.17) is 0 Å². The minimum Gasteiger partial charge on any atom is -0.504 e. The Balaban J connectivity index is 2.64. The summed E-state index contributed by atoms with van der Waals surface area (Å²) in [5.74, 6) is 0.000961. The van der Waals surface area contributed by atoms with Crippen molar-refractivity contribution in [2.24, 2.45) is 5.92 Å². The average molecular weight is 293 g/mol. The van der Waals surface area contributed by atoms with Crippen molar-refractivity contribution < 1.29 is 15.0 Å². The van der Waals surface area contributed by atoms with E-state index in [1.54, 1.807) is 6.07 Å². The number of benzene rings is 1. The first kappa shape index (κ1) is 17.3. The number of aromatic hydroxyl groups is 2. The molecule has 0 saturated heterocycles. The predicted molar refractivity (Wildman–Crippen MR) is 84.5 cm³/mol. The van der Waals surface area contributed by atoms with Crippen LogP contribution in [0.25, 0.3) is 0 Å². The Labute approximate surface area is 127 Å². The summed E-state index contributed by atoms with van der Waals surface area (Å²) in [4.78, 5) is 12.0. The lowest BCUT2D eigenvalue weighted by Crippen LogP contribution is -2.30. The molecular weight excluding hydrogens is 266 g/mol. The van der Waals surface area contributed by atoms with Gasteiger partial charge in [-0.25, -0.2) is 0 Å². The third kappa shape index (κ3) is 5.29. The largest absolute Gasteiger partial charge is 0.504 e. The van der Waals surface area contributed by atoms with Gasteiger partial charge in [-0.15, -0.1) is 0 Å². The molecule has 0 fully saturated rings. The molecule has 0 heterocycles. The summed E-state index contributed by atoms with van der Waals surface area (Å²) in [5.41, 5.74) is 0.959. The van der Waals surface area contributed by atoms with Gasteiger partial charge in [-0.1, -0.05) is 33.3 Å². The highest BCUT2D eigenvalue weighted by Gasteiger charge is 2.19. The number of hydrogen-bond acceptors (Lipinski definition) is 3. The van der Waals surface area contributed by atoms with E-state index in [0.29, 0.717) is 0 Å². The van der Waals surface area contributed by atoms with Gasteiger partial charge in [0.1, 0.15) is 0 Å². The molecule has 2 unspecified atom stereocenters. The van der Waals surface area contributed by atoms with Gasteiger partial charge in [-0.05, 0) is 42.9 Å². The molecule has 0 aromatic heterocycles. The van der Waals surface area contributed by atoms with Gasteiger partial charge in [0, 0.05) is 12.5 Å². The fraction of sp³-hybridized carbons (Fsp3) is 0.588. The van der Waals surface area contributed by atoms with Crippen LogP contribution in [0.2, 0.25) is 0 Å². The molecule has 0 aliphatic heterocycles. The summed E-state index contributed by atoms with van der Waals surface area (Å²) in [6.45, 7) is 6.83. The zero-order chi connectivity index (χ0) is 15.8. The summed E-state index contributed by atoms with van der Waals surface area (Å²) in [5, 5.41) is 21.9. The number of nitrogens with one attached hydrogen (secondary N) is 1. The molecule has 0 spiro atoms. The molecule has 1 aromatic carbocycles. The van der Waals surface area contributed by atoms with Crippen LogP contribution in [-0.4, -0.2) is 22.7 Å². The van der Waals surface area contributed by atoms with Crippen molar-refractivity contribution in [1.82, 2.24) is 5.32 Å². The standard InChI is InChI=1S/C17H27NO3/c1-4-6-9-18-17(21)12(3)10-13(5-2)14-7-8-15(19)16(20)11-14/h7-8,11-13,19-20H,4-6,9-10H2,1-3H3,(H,18,21). The van der Waals surface area contributed by atoms with E-state index in [9.17, 15) is 15.0 Å². The van der Waals surface area contributed by atoms with Crippen LogP contribution in [0.1, 0.15) is 57.9 Å². The molecule has 0 radical (unpaired) electrons. The minimum absolute atomic E-state index is 0.0669. The number of carbonyl (C=O) groups excluding carboxylic acids is 1. The number of amides is 1. The van der Waals surface area contributed by atoms with Gasteiger partial charge >= 0.3 is 0 Å². The molecule has 1 rings (SSSR count). The van der Waals surface area contributed by atoms with E-state index < -0.39 is 0 Å². The van der Waals surface area contributed by atoms with Gasteiger partial charge in [0.2, 0.25) is 5.91 Å². The van der Waals surface area contributed by atoms with Crippen LogP contribution in [0, 0.1) is 5.92 Å². The summed E-state index contributed by atoms with van der Waals surface area (Å²) in [6.07, 6.45) is 3.69. The Hall–Kier alpha value is -1.71. The Morgan fingerprint density at radius 2 is 1.95 bits per heavy atom. The number of phenols is 2. The van der Waals surface area contributed by atoms with Crippen LogP contribution in [-0.2, 0) is 4.79 Å². The smallest absolute Gasteiger partial charge is 0.222 e. The Kier molecular flexibility index (Phi) is 7.06. The number of hydrogen-bond donors (Lipinski definition) is 3. The van der Waals surface area contributed by atoms with Crippen molar-refractivity contribution in [3.8, 4) is 11.5 Å². The summed E-state index contributed by atoms with van der Waals surface area (Å²) >= 11 is 0. The maximum Gasteiger partial charge on any atom is 0.222 e. The van der Waals surface area contributed by atoms with Crippen molar-refractivity contribution in [2.75, 3.05) is 6.54 Å². The maximum atomic E-state index is 12.0. The SMILES string of the molecule is CCCCNC(=O)C(C)CC(CC)c1ccc(O)c(O)c1. The number of phenolic OH excluding ortho intramolecular Hbond substituents is 2. The summed E-state index contributed by atoms with van der Waals surface area (Å²) < 4.78 is 0. The molecule has 118 valence electrons. The van der Waals surface area contributed by atoms with E-state index in [-0.39, 0.29) is 29.2 Å². The Morgan fingerprint density at radius 1 is 1.24 bits per heavy atom. The van der Waals surface area contributed by atoms with Crippen molar-refractivity contribution >= 4 is 5.91 Å². The molecule has 1 amide bonds. The maximum absolute atomic E-state index is 12.0. The molecule has 4 heteroatoms. The van der Waals surface area contributed by atoms with Crippen molar-refractivity contribution in [3.63, 3.8) is 0 Å². The van der Waals surface area contributed by atoms with E-state index in [1.165, 1.54) is 6.07 Å². The van der Waals surface area contributed by atoms with E-state index in [2.05, 4.69) is 19.2 Å². The lowest BCUT2D eigenvalue weighted by atomic mass is 9.87. The summed E-state index contributed by atoms with van der Waals surface area (Å²) in [6, 6.07) is 4.90. The Morgan fingerprint density at radius 3 is 2.52 bits per heavy atom. The second kappa shape index (κ2) is 8.55. The molecule has 0 aliphatic rings. The van der Waals surface area contributed by atoms with Crippen molar-refractivity contribution in [1.29, 1.82) is 0 Å². The third-order valence-corrected chi connectivity index (χ3v) is 3.88. The van der Waals surface area contributed by atoms with Crippen LogP contribution in [0.3, 0.4) is 0 Å². The number of rotatable bonds is 8. The highest BCUT2D eigenvalue weighted by atomic mass is 16.3. The fourth-order valence-corrected chi connectivity index (χ4v) is 2.43. The van der Waals surface area contributed by atoms with E-state index in [1.807, 2.05) is 13.0 Å². The highest BCUT2D eigenvalue weighted by molar-refractivity contribution is 5.78. The lowest BCUT2D eigenvalue weighted by molar-refractivity contribution is -0.124. The average Bonchev–Trinajstić information content (AvgIpc) is 2.47. The molecule has 4 nitrogen and oxygen atoms in total. The topological polar surface area (TPSA) is 69.6 Å². The van der Waals surface area contributed by atoms with Crippen molar-refractivity contribution in [2.45, 2.75) is 52.4 Å². The van der Waals surface area contributed by atoms with Crippen LogP contribution in [0.4, 0.5) is 0 Å². The molecular formula is C17H27NO3. The molecule has 1 aromatic rings. The fourth-order valence-electron chi connectivity index (χ4n) is 2.43. The first-order valence-corrected chi connectivity index (χ1v) is 7.79. The Bertz CT molecular complexity index is 459. The second-order valence-corrected chi connectivity index (χ2v) is 5.63. The number of unbranched alkanes of at least 4 members (excludes halogenated alkanes) is 1.